The SMILES string of the molecule is CN1C(=O)/C(=C/c2ccc3c(c2)OCO3)N=C1c1ccccc1Cl. The van der Waals surface area contributed by atoms with Gasteiger partial charge >= 0.3 is 0 Å². The van der Waals surface area contributed by atoms with Crippen molar-refractivity contribution < 1.29 is 14.3 Å². The average Bonchev–Trinajstić information content (AvgIpc) is 3.15. The molecule has 0 atom stereocenters. The molecule has 2 heterocycles. The van der Waals surface area contributed by atoms with Crippen molar-refractivity contribution in [1.29, 1.82) is 0 Å². The van der Waals surface area contributed by atoms with Crippen molar-refractivity contribution in [2.45, 2.75) is 0 Å². The summed E-state index contributed by atoms with van der Waals surface area (Å²) in [4.78, 5) is 18.5. The van der Waals surface area contributed by atoms with Gasteiger partial charge in [0.25, 0.3) is 5.91 Å². The number of ether oxygens (including phenoxy) is 2. The summed E-state index contributed by atoms with van der Waals surface area (Å²) in [6, 6.07) is 12.8. The first kappa shape index (κ1) is 14.8. The molecule has 2 aromatic carbocycles. The van der Waals surface area contributed by atoms with Crippen molar-refractivity contribution in [3.8, 4) is 11.5 Å². The second kappa shape index (κ2) is 5.69. The van der Waals surface area contributed by atoms with Crippen molar-refractivity contribution in [3.63, 3.8) is 0 Å². The van der Waals surface area contributed by atoms with Crippen LogP contribution in [-0.4, -0.2) is 30.5 Å². The van der Waals surface area contributed by atoms with E-state index in [9.17, 15) is 4.79 Å². The van der Waals surface area contributed by atoms with Gasteiger partial charge in [0.05, 0.1) is 5.02 Å². The summed E-state index contributed by atoms with van der Waals surface area (Å²) in [6.07, 6.45) is 1.73. The Bertz CT molecular complexity index is 905. The van der Waals surface area contributed by atoms with Crippen molar-refractivity contribution in [2.24, 2.45) is 4.99 Å². The lowest BCUT2D eigenvalue weighted by Crippen LogP contribution is -2.28. The highest BCUT2D eigenvalue weighted by atomic mass is 35.5. The summed E-state index contributed by atoms with van der Waals surface area (Å²) < 4.78 is 10.6. The molecule has 24 heavy (non-hydrogen) atoms. The van der Waals surface area contributed by atoms with Crippen LogP contribution in [0.2, 0.25) is 5.02 Å². The first-order valence-electron chi connectivity index (χ1n) is 7.36. The minimum absolute atomic E-state index is 0.178. The quantitative estimate of drug-likeness (QED) is 0.788. The molecule has 2 aliphatic heterocycles. The number of amidine groups is 1. The number of nitrogens with zero attached hydrogens (tertiary/aromatic N) is 2. The molecule has 0 radical (unpaired) electrons. The zero-order chi connectivity index (χ0) is 16.7. The van der Waals surface area contributed by atoms with Crippen LogP contribution in [0.5, 0.6) is 11.5 Å². The van der Waals surface area contributed by atoms with Gasteiger partial charge < -0.3 is 9.47 Å². The second-order valence-corrected chi connectivity index (χ2v) is 5.83. The summed E-state index contributed by atoms with van der Waals surface area (Å²) in [7, 11) is 1.69. The van der Waals surface area contributed by atoms with E-state index in [4.69, 9.17) is 21.1 Å². The molecule has 0 bridgehead atoms. The maximum Gasteiger partial charge on any atom is 0.277 e. The van der Waals surface area contributed by atoms with E-state index in [0.717, 1.165) is 11.1 Å². The Morgan fingerprint density at radius 1 is 1.17 bits per heavy atom. The molecule has 0 N–H and O–H groups in total. The molecule has 5 nitrogen and oxygen atoms in total. The van der Waals surface area contributed by atoms with Crippen molar-refractivity contribution in [1.82, 2.24) is 4.90 Å². The average molecular weight is 341 g/mol. The third-order valence-electron chi connectivity index (χ3n) is 3.88. The van der Waals surface area contributed by atoms with Crippen LogP contribution in [0.4, 0.5) is 0 Å². The fraction of sp³-hybridized carbons (Fsp3) is 0.111. The number of benzene rings is 2. The number of halogens is 1. The molecule has 0 saturated carbocycles. The van der Waals surface area contributed by atoms with Gasteiger partial charge in [-0.15, -0.1) is 0 Å². The molecule has 4 rings (SSSR count). The van der Waals surface area contributed by atoms with Gasteiger partial charge in [-0.25, -0.2) is 4.99 Å². The number of amides is 1. The minimum Gasteiger partial charge on any atom is -0.454 e. The maximum atomic E-state index is 12.5. The van der Waals surface area contributed by atoms with E-state index < -0.39 is 0 Å². The zero-order valence-corrected chi connectivity index (χ0v) is 13.6. The summed E-state index contributed by atoms with van der Waals surface area (Å²) in [6.45, 7) is 0.214. The van der Waals surface area contributed by atoms with Crippen LogP contribution in [0.3, 0.4) is 0 Å². The number of rotatable bonds is 2. The number of aliphatic imine (C=N–C) groups is 1. The Morgan fingerprint density at radius 2 is 1.96 bits per heavy atom. The molecule has 0 fully saturated rings. The van der Waals surface area contributed by atoms with E-state index in [1.54, 1.807) is 19.2 Å². The summed E-state index contributed by atoms with van der Waals surface area (Å²) in [5, 5.41) is 0.556. The Balaban J connectivity index is 1.73. The van der Waals surface area contributed by atoms with Gasteiger partial charge in [0, 0.05) is 12.6 Å². The largest absolute Gasteiger partial charge is 0.454 e. The first-order chi connectivity index (χ1) is 11.6. The monoisotopic (exact) mass is 340 g/mol. The summed E-state index contributed by atoms with van der Waals surface area (Å²) in [5.74, 6) is 1.73. The number of carbonyl (C=O) groups is 1. The van der Waals surface area contributed by atoms with Crippen LogP contribution in [-0.2, 0) is 4.79 Å². The Kier molecular flexibility index (Phi) is 3.50. The van der Waals surface area contributed by atoms with Crippen LogP contribution in [0.15, 0.2) is 53.2 Å². The molecule has 0 saturated heterocycles. The standard InChI is InChI=1S/C18H13ClN2O3/c1-21-17(12-4-2-3-5-13(12)19)20-14(18(21)22)8-11-6-7-15-16(9-11)24-10-23-15/h2-9H,10H2,1H3/b14-8-. The predicted molar refractivity (Wildman–Crippen MR) is 91.3 cm³/mol. The van der Waals surface area contributed by atoms with E-state index in [2.05, 4.69) is 4.99 Å². The third-order valence-corrected chi connectivity index (χ3v) is 4.21. The Labute approximate surface area is 143 Å². The van der Waals surface area contributed by atoms with Gasteiger partial charge in [-0.1, -0.05) is 29.8 Å². The maximum absolute atomic E-state index is 12.5. The Hall–Kier alpha value is -2.79. The van der Waals surface area contributed by atoms with Crippen molar-refractivity contribution in [2.75, 3.05) is 13.8 Å². The number of hydrogen-bond donors (Lipinski definition) is 0. The fourth-order valence-electron chi connectivity index (χ4n) is 2.64. The molecule has 2 aromatic rings. The van der Waals surface area contributed by atoms with Gasteiger partial charge in [-0.3, -0.25) is 9.69 Å². The number of fused-ring (bicyclic) bond motifs is 1. The lowest BCUT2D eigenvalue weighted by molar-refractivity contribution is -0.121. The predicted octanol–water partition coefficient (Wildman–Crippen LogP) is 3.33. The van der Waals surface area contributed by atoms with E-state index in [-0.39, 0.29) is 12.7 Å². The Morgan fingerprint density at radius 3 is 2.79 bits per heavy atom. The van der Waals surface area contributed by atoms with Gasteiger partial charge in [0.2, 0.25) is 6.79 Å². The van der Waals surface area contributed by atoms with E-state index in [0.29, 0.717) is 28.1 Å². The van der Waals surface area contributed by atoms with Crippen LogP contribution in [0, 0.1) is 0 Å². The first-order valence-corrected chi connectivity index (χ1v) is 7.74. The topological polar surface area (TPSA) is 51.1 Å². The smallest absolute Gasteiger partial charge is 0.277 e. The summed E-state index contributed by atoms with van der Waals surface area (Å²) in [5.41, 5.74) is 1.90. The van der Waals surface area contributed by atoms with Gasteiger partial charge in [-0.05, 0) is 35.9 Å². The van der Waals surface area contributed by atoms with Crippen LogP contribution < -0.4 is 9.47 Å². The van der Waals surface area contributed by atoms with E-state index in [1.165, 1.54) is 4.90 Å². The minimum atomic E-state index is -0.178. The highest BCUT2D eigenvalue weighted by molar-refractivity contribution is 6.35. The van der Waals surface area contributed by atoms with E-state index in [1.807, 2.05) is 36.4 Å². The summed E-state index contributed by atoms with van der Waals surface area (Å²) >= 11 is 6.22. The van der Waals surface area contributed by atoms with Gasteiger partial charge in [-0.2, -0.15) is 0 Å². The molecular formula is C18H13ClN2O3. The molecular weight excluding hydrogens is 328 g/mol. The van der Waals surface area contributed by atoms with Crippen LogP contribution in [0.25, 0.3) is 6.08 Å². The van der Waals surface area contributed by atoms with Gasteiger partial charge in [0.15, 0.2) is 11.5 Å². The molecule has 120 valence electrons. The lowest BCUT2D eigenvalue weighted by Gasteiger charge is -2.12. The van der Waals surface area contributed by atoms with Crippen molar-refractivity contribution >= 4 is 29.4 Å². The normalized spacial score (nSPS) is 17.6. The highest BCUT2D eigenvalue weighted by Crippen LogP contribution is 2.33. The zero-order valence-electron chi connectivity index (χ0n) is 12.8. The molecule has 0 spiro atoms. The molecule has 0 aromatic heterocycles. The number of hydrogen-bond acceptors (Lipinski definition) is 4. The van der Waals surface area contributed by atoms with Crippen LogP contribution in [0.1, 0.15) is 11.1 Å². The number of carbonyl (C=O) groups excluding carboxylic acids is 1. The van der Waals surface area contributed by atoms with Gasteiger partial charge in [0.1, 0.15) is 11.5 Å². The number of likely N-dealkylation sites (N-methyl/N-ethyl adjacent to an activating group) is 1. The molecule has 0 aliphatic carbocycles. The van der Waals surface area contributed by atoms with E-state index >= 15 is 0 Å². The third kappa shape index (κ3) is 2.43. The highest BCUT2D eigenvalue weighted by Gasteiger charge is 2.29. The molecule has 1 amide bonds. The molecule has 2 aliphatic rings. The second-order valence-electron chi connectivity index (χ2n) is 5.42. The molecule has 6 heteroatoms. The van der Waals surface area contributed by atoms with Crippen molar-refractivity contribution in [3.05, 3.63) is 64.3 Å². The fourth-order valence-corrected chi connectivity index (χ4v) is 2.86. The lowest BCUT2D eigenvalue weighted by atomic mass is 10.1. The molecule has 0 unspecified atom stereocenters. The van der Waals surface area contributed by atoms with Crippen LogP contribution >= 0.6 is 11.6 Å².